The molecule has 0 bridgehead atoms. The maximum absolute atomic E-state index is 6.06. The second-order valence-electron chi connectivity index (χ2n) is 7.98. The monoisotopic (exact) mass is 453 g/mol. The molecule has 0 saturated carbocycles. The minimum absolute atomic E-state index is 0.591. The lowest BCUT2D eigenvalue weighted by Crippen LogP contribution is -2.03. The van der Waals surface area contributed by atoms with Crippen molar-refractivity contribution in [3.8, 4) is 17.2 Å². The Balaban J connectivity index is 1.63. The van der Waals surface area contributed by atoms with Gasteiger partial charge in [-0.25, -0.2) is 0 Å². The van der Waals surface area contributed by atoms with Gasteiger partial charge in [0.1, 0.15) is 31.0 Å². The number of allylic oxidation sites excluding steroid dienone is 1. The molecule has 5 heteroatoms. The number of benzene rings is 2. The van der Waals surface area contributed by atoms with E-state index in [9.17, 15) is 0 Å². The summed E-state index contributed by atoms with van der Waals surface area (Å²) in [7, 11) is 1.57. The zero-order valence-corrected chi connectivity index (χ0v) is 20.9. The number of hydrogen-bond donors (Lipinski definition) is 0. The van der Waals surface area contributed by atoms with Crippen molar-refractivity contribution in [1.82, 2.24) is 0 Å². The highest BCUT2D eigenvalue weighted by molar-refractivity contribution is 6.00. The molecule has 0 saturated heterocycles. The lowest BCUT2D eigenvalue weighted by Gasteiger charge is -2.14. The molecule has 0 N–H and O–H groups in total. The maximum Gasteiger partial charge on any atom is 0.125 e. The fraction of sp³-hybridized carbons (Fsp3) is 0.464. The predicted molar refractivity (Wildman–Crippen MR) is 136 cm³/mol. The summed E-state index contributed by atoms with van der Waals surface area (Å²) in [5, 5.41) is 4.06. The molecule has 0 atom stereocenters. The summed E-state index contributed by atoms with van der Waals surface area (Å²) in [6.07, 6.45) is 9.12. The van der Waals surface area contributed by atoms with Gasteiger partial charge in [0.15, 0.2) is 0 Å². The number of hydrogen-bond acceptors (Lipinski definition) is 5. The summed E-state index contributed by atoms with van der Waals surface area (Å²) in [5.41, 5.74) is 4.23. The predicted octanol–water partition coefficient (Wildman–Crippen LogP) is 7.04. The zero-order chi connectivity index (χ0) is 23.9. The lowest BCUT2D eigenvalue weighted by atomic mass is 10.1. The van der Waals surface area contributed by atoms with Gasteiger partial charge in [-0.1, -0.05) is 24.2 Å². The number of oxime groups is 1. The SMILES string of the molecule is C/C=C/COc1cc(C)c(OCCCCCCOc2ccc(/C(CC)=N/OC)cc2)c(C)c1. The van der Waals surface area contributed by atoms with Crippen LogP contribution in [0.1, 0.15) is 62.6 Å². The Kier molecular flexibility index (Phi) is 11.9. The molecule has 33 heavy (non-hydrogen) atoms. The smallest absolute Gasteiger partial charge is 0.125 e. The van der Waals surface area contributed by atoms with Crippen LogP contribution in [-0.4, -0.2) is 32.6 Å². The number of aryl methyl sites for hydroxylation is 2. The molecule has 0 aliphatic carbocycles. The van der Waals surface area contributed by atoms with Crippen LogP contribution < -0.4 is 14.2 Å². The molecule has 0 aliphatic heterocycles. The Labute approximate surface area is 199 Å². The van der Waals surface area contributed by atoms with E-state index in [0.717, 1.165) is 85.0 Å². The van der Waals surface area contributed by atoms with Gasteiger partial charge in [0.2, 0.25) is 0 Å². The maximum atomic E-state index is 6.06. The topological polar surface area (TPSA) is 49.3 Å². The molecule has 0 amide bonds. The zero-order valence-electron chi connectivity index (χ0n) is 20.9. The Morgan fingerprint density at radius 1 is 0.848 bits per heavy atom. The highest BCUT2D eigenvalue weighted by Crippen LogP contribution is 2.28. The Hall–Kier alpha value is -2.95. The van der Waals surface area contributed by atoms with E-state index in [1.165, 1.54) is 0 Å². The lowest BCUT2D eigenvalue weighted by molar-refractivity contribution is 0.213. The minimum atomic E-state index is 0.591. The first kappa shape index (κ1) is 26.3. The van der Waals surface area contributed by atoms with Crippen LogP contribution in [0, 0.1) is 13.8 Å². The number of ether oxygens (including phenoxy) is 3. The summed E-state index contributed by atoms with van der Waals surface area (Å²) in [6, 6.07) is 12.1. The molecule has 0 radical (unpaired) electrons. The second-order valence-corrected chi connectivity index (χ2v) is 7.98. The largest absolute Gasteiger partial charge is 0.494 e. The van der Waals surface area contributed by atoms with Gasteiger partial charge in [-0.15, -0.1) is 0 Å². The van der Waals surface area contributed by atoms with Crippen molar-refractivity contribution in [1.29, 1.82) is 0 Å². The molecule has 0 fully saturated rings. The number of nitrogens with zero attached hydrogens (tertiary/aromatic N) is 1. The van der Waals surface area contributed by atoms with Crippen LogP contribution in [0.25, 0.3) is 0 Å². The van der Waals surface area contributed by atoms with Crippen molar-refractivity contribution in [2.75, 3.05) is 26.9 Å². The Morgan fingerprint density at radius 3 is 2.06 bits per heavy atom. The van der Waals surface area contributed by atoms with Crippen LogP contribution in [0.15, 0.2) is 53.7 Å². The molecule has 0 unspecified atom stereocenters. The van der Waals surface area contributed by atoms with Crippen LogP contribution >= 0.6 is 0 Å². The molecule has 0 aromatic heterocycles. The highest BCUT2D eigenvalue weighted by atomic mass is 16.6. The van der Waals surface area contributed by atoms with E-state index < -0.39 is 0 Å². The van der Waals surface area contributed by atoms with Crippen molar-refractivity contribution < 1.29 is 19.0 Å². The standard InChI is InChI=1S/C28H39NO4/c1-6-8-17-32-26-20-22(3)28(23(4)21-26)33-19-12-10-9-11-18-31-25-15-13-24(14-16-25)27(7-2)29-30-5/h6,8,13-16,20-21H,7,9-12,17-19H2,1-5H3/b8-6+,29-27+. The summed E-state index contributed by atoms with van der Waals surface area (Å²) in [6.45, 7) is 10.2. The van der Waals surface area contributed by atoms with E-state index >= 15 is 0 Å². The molecule has 2 rings (SSSR count). The molecule has 2 aromatic rings. The molecule has 0 heterocycles. The fourth-order valence-electron chi connectivity index (χ4n) is 3.56. The van der Waals surface area contributed by atoms with Crippen molar-refractivity contribution in [2.24, 2.45) is 5.16 Å². The summed E-state index contributed by atoms with van der Waals surface area (Å²) < 4.78 is 17.7. The van der Waals surface area contributed by atoms with E-state index in [0.29, 0.717) is 6.61 Å². The molecule has 0 aliphatic rings. The third-order valence-corrected chi connectivity index (χ3v) is 5.29. The van der Waals surface area contributed by atoms with Crippen LogP contribution in [0.4, 0.5) is 0 Å². The van der Waals surface area contributed by atoms with Crippen LogP contribution in [0.3, 0.4) is 0 Å². The van der Waals surface area contributed by atoms with E-state index in [1.807, 2.05) is 55.5 Å². The average molecular weight is 454 g/mol. The first-order chi connectivity index (χ1) is 16.1. The number of rotatable bonds is 15. The van der Waals surface area contributed by atoms with Crippen molar-refractivity contribution in [2.45, 2.75) is 59.8 Å². The van der Waals surface area contributed by atoms with Gasteiger partial charge < -0.3 is 19.0 Å². The summed E-state index contributed by atoms with van der Waals surface area (Å²) >= 11 is 0. The first-order valence-electron chi connectivity index (χ1n) is 11.9. The van der Waals surface area contributed by atoms with Gasteiger partial charge >= 0.3 is 0 Å². The van der Waals surface area contributed by atoms with Gasteiger partial charge in [0.25, 0.3) is 0 Å². The van der Waals surface area contributed by atoms with Gasteiger partial charge in [0, 0.05) is 0 Å². The van der Waals surface area contributed by atoms with Crippen molar-refractivity contribution in [3.05, 3.63) is 65.2 Å². The molecule has 180 valence electrons. The fourth-order valence-corrected chi connectivity index (χ4v) is 3.56. The van der Waals surface area contributed by atoms with E-state index in [2.05, 4.69) is 25.9 Å². The quantitative estimate of drug-likeness (QED) is 0.126. The summed E-state index contributed by atoms with van der Waals surface area (Å²) in [4.78, 5) is 4.90. The third-order valence-electron chi connectivity index (χ3n) is 5.29. The molecule has 2 aromatic carbocycles. The van der Waals surface area contributed by atoms with Gasteiger partial charge in [-0.2, -0.15) is 0 Å². The van der Waals surface area contributed by atoms with Crippen LogP contribution in [-0.2, 0) is 4.84 Å². The van der Waals surface area contributed by atoms with Crippen molar-refractivity contribution >= 4 is 5.71 Å². The van der Waals surface area contributed by atoms with Gasteiger partial charge in [-0.05, 0) is 106 Å². The molecular formula is C28H39NO4. The Morgan fingerprint density at radius 2 is 1.48 bits per heavy atom. The number of unbranched alkanes of at least 4 members (excludes halogenated alkanes) is 3. The molecular weight excluding hydrogens is 414 g/mol. The average Bonchev–Trinajstić information content (AvgIpc) is 2.81. The third kappa shape index (κ3) is 9.21. The van der Waals surface area contributed by atoms with E-state index in [-0.39, 0.29) is 0 Å². The van der Waals surface area contributed by atoms with E-state index in [1.54, 1.807) is 7.11 Å². The van der Waals surface area contributed by atoms with Gasteiger partial charge in [-0.3, -0.25) is 0 Å². The van der Waals surface area contributed by atoms with E-state index in [4.69, 9.17) is 19.0 Å². The summed E-state index contributed by atoms with van der Waals surface area (Å²) in [5.74, 6) is 2.75. The van der Waals surface area contributed by atoms with Crippen LogP contribution in [0.2, 0.25) is 0 Å². The molecule has 5 nitrogen and oxygen atoms in total. The highest BCUT2D eigenvalue weighted by Gasteiger charge is 2.07. The second kappa shape index (κ2) is 15.0. The first-order valence-corrected chi connectivity index (χ1v) is 11.9. The van der Waals surface area contributed by atoms with Gasteiger partial charge in [0.05, 0.1) is 18.9 Å². The Bertz CT molecular complexity index is 864. The van der Waals surface area contributed by atoms with Crippen LogP contribution in [0.5, 0.6) is 17.2 Å². The minimum Gasteiger partial charge on any atom is -0.494 e. The molecule has 0 spiro atoms. The van der Waals surface area contributed by atoms with Crippen molar-refractivity contribution in [3.63, 3.8) is 0 Å². The normalized spacial score (nSPS) is 11.6.